The maximum absolute atomic E-state index is 12.6. The van der Waals surface area contributed by atoms with Gasteiger partial charge < -0.3 is 19.9 Å². The van der Waals surface area contributed by atoms with Crippen LogP contribution in [0.3, 0.4) is 0 Å². The first-order chi connectivity index (χ1) is 10.1. The normalized spacial score (nSPS) is 11.4. The lowest BCUT2D eigenvalue weighted by Gasteiger charge is -2.19. The number of alkyl carbamates (subject to hydrolysis) is 1. The second-order valence-electron chi connectivity index (χ2n) is 5.23. The Hall–Kier alpha value is -1.90. The van der Waals surface area contributed by atoms with E-state index in [4.69, 9.17) is 14.6 Å². The number of nitrogens with one attached hydrogen (secondary N) is 1. The maximum atomic E-state index is 12.6. The average Bonchev–Trinajstić information content (AvgIpc) is 2.77. The Labute approximate surface area is 130 Å². The van der Waals surface area contributed by atoms with Crippen LogP contribution in [0.15, 0.2) is 6.07 Å². The summed E-state index contributed by atoms with van der Waals surface area (Å²) in [6.45, 7) is 5.10. The molecule has 0 aromatic carbocycles. The van der Waals surface area contributed by atoms with E-state index in [-0.39, 0.29) is 28.7 Å². The Morgan fingerprint density at radius 3 is 2.55 bits per heavy atom. The number of carbonyl (C=O) groups is 2. The molecule has 0 bridgehead atoms. The topological polar surface area (TPSA) is 84.9 Å². The molecule has 1 amide bonds. The fourth-order valence-corrected chi connectivity index (χ4v) is 2.18. The number of carbonyl (C=O) groups excluding carboxylic acids is 1. The van der Waals surface area contributed by atoms with Crippen molar-refractivity contribution in [2.24, 2.45) is 0 Å². The Bertz CT molecular complexity index is 539. The van der Waals surface area contributed by atoms with Crippen LogP contribution in [0.25, 0.3) is 0 Å². The van der Waals surface area contributed by atoms with Gasteiger partial charge in [-0.15, -0.1) is 11.3 Å². The molecule has 0 aliphatic heterocycles. The van der Waals surface area contributed by atoms with Gasteiger partial charge >= 0.3 is 12.1 Å². The molecule has 0 atom stereocenters. The summed E-state index contributed by atoms with van der Waals surface area (Å²) < 4.78 is 35.3. The number of amides is 1. The molecular weight excluding hydrogens is 320 g/mol. The van der Waals surface area contributed by atoms with Gasteiger partial charge in [-0.2, -0.15) is 0 Å². The number of thiophene rings is 1. The molecule has 124 valence electrons. The van der Waals surface area contributed by atoms with Crippen LogP contribution < -0.4 is 10.1 Å². The van der Waals surface area contributed by atoms with E-state index < -0.39 is 24.1 Å². The number of alkyl halides is 2. The van der Waals surface area contributed by atoms with E-state index in [0.29, 0.717) is 11.3 Å². The lowest BCUT2D eigenvalue weighted by molar-refractivity contribution is 0.0518. The molecule has 22 heavy (non-hydrogen) atoms. The summed E-state index contributed by atoms with van der Waals surface area (Å²) in [5, 5.41) is 11.3. The van der Waals surface area contributed by atoms with E-state index in [2.05, 4.69) is 5.32 Å². The van der Waals surface area contributed by atoms with E-state index in [1.807, 2.05) is 0 Å². The molecule has 1 aromatic heterocycles. The predicted molar refractivity (Wildman–Crippen MR) is 76.0 cm³/mol. The summed E-state index contributed by atoms with van der Waals surface area (Å²) in [6.07, 6.45) is -3.41. The van der Waals surface area contributed by atoms with Gasteiger partial charge in [0, 0.05) is 6.07 Å². The zero-order chi connectivity index (χ0) is 16.9. The summed E-state index contributed by atoms with van der Waals surface area (Å²) >= 11 is 0.461. The van der Waals surface area contributed by atoms with Crippen molar-refractivity contribution in [3.05, 3.63) is 15.8 Å². The molecule has 1 rings (SSSR count). The molecule has 1 heterocycles. The third kappa shape index (κ3) is 5.84. The van der Waals surface area contributed by atoms with Gasteiger partial charge in [-0.05, 0) is 20.8 Å². The van der Waals surface area contributed by atoms with Crippen molar-refractivity contribution >= 4 is 23.4 Å². The minimum atomic E-state index is -2.76. The summed E-state index contributed by atoms with van der Waals surface area (Å²) in [5.74, 6) is -1.48. The van der Waals surface area contributed by atoms with Gasteiger partial charge in [-0.1, -0.05) is 0 Å². The van der Waals surface area contributed by atoms with Crippen LogP contribution in [0.5, 0.6) is 5.75 Å². The second-order valence-corrected chi connectivity index (χ2v) is 6.31. The number of halogens is 2. The molecule has 0 aliphatic rings. The molecular formula is C13H17F2NO5S. The van der Waals surface area contributed by atoms with E-state index in [1.165, 1.54) is 0 Å². The molecule has 0 saturated carbocycles. The minimum Gasteiger partial charge on any atom is -0.490 e. The monoisotopic (exact) mass is 337 g/mol. The zero-order valence-electron chi connectivity index (χ0n) is 12.3. The molecule has 0 spiro atoms. The van der Waals surface area contributed by atoms with Crippen LogP contribution in [-0.4, -0.2) is 35.9 Å². The molecule has 0 unspecified atom stereocenters. The highest BCUT2D eigenvalue weighted by Crippen LogP contribution is 2.35. The summed E-state index contributed by atoms with van der Waals surface area (Å²) in [6, 6.07) is 0.992. The van der Waals surface area contributed by atoms with Gasteiger partial charge in [0.15, 0.2) is 4.88 Å². The largest absolute Gasteiger partial charge is 0.490 e. The Morgan fingerprint density at radius 2 is 2.05 bits per heavy atom. The molecule has 0 aliphatic carbocycles. The third-order valence-electron chi connectivity index (χ3n) is 2.15. The minimum absolute atomic E-state index is 0.0494. The number of carboxylic acids is 1. The lowest BCUT2D eigenvalue weighted by Crippen LogP contribution is -2.34. The maximum Gasteiger partial charge on any atom is 0.407 e. The van der Waals surface area contributed by atoms with Crippen molar-refractivity contribution in [2.75, 3.05) is 13.2 Å². The van der Waals surface area contributed by atoms with E-state index in [9.17, 15) is 18.4 Å². The highest BCUT2D eigenvalue weighted by atomic mass is 32.1. The van der Waals surface area contributed by atoms with Crippen LogP contribution >= 0.6 is 11.3 Å². The molecule has 2 N–H and O–H groups in total. The molecule has 0 radical (unpaired) electrons. The van der Waals surface area contributed by atoms with Crippen molar-refractivity contribution in [1.82, 2.24) is 5.32 Å². The highest BCUT2D eigenvalue weighted by Gasteiger charge is 2.21. The van der Waals surface area contributed by atoms with Crippen LogP contribution in [0.4, 0.5) is 13.6 Å². The van der Waals surface area contributed by atoms with Crippen molar-refractivity contribution < 1.29 is 33.0 Å². The zero-order valence-corrected chi connectivity index (χ0v) is 13.1. The Balaban J connectivity index is 2.51. The van der Waals surface area contributed by atoms with Crippen molar-refractivity contribution in [3.8, 4) is 5.75 Å². The van der Waals surface area contributed by atoms with Crippen molar-refractivity contribution in [1.29, 1.82) is 0 Å². The van der Waals surface area contributed by atoms with Gasteiger partial charge in [0.05, 0.1) is 11.4 Å². The smallest absolute Gasteiger partial charge is 0.407 e. The predicted octanol–water partition coefficient (Wildman–Crippen LogP) is 3.29. The molecule has 0 saturated heterocycles. The van der Waals surface area contributed by atoms with Crippen LogP contribution in [0, 0.1) is 0 Å². The molecule has 9 heteroatoms. The number of aromatic carboxylic acids is 1. The van der Waals surface area contributed by atoms with Gasteiger partial charge in [0.2, 0.25) is 0 Å². The third-order valence-corrected chi connectivity index (χ3v) is 3.27. The number of hydrogen-bond acceptors (Lipinski definition) is 5. The first kappa shape index (κ1) is 18.1. The number of carboxylic acid groups (broad SMARTS) is 1. The van der Waals surface area contributed by atoms with E-state index in [1.54, 1.807) is 20.8 Å². The molecule has 6 nitrogen and oxygen atoms in total. The first-order valence-corrected chi connectivity index (χ1v) is 7.16. The average molecular weight is 337 g/mol. The summed E-state index contributed by atoms with van der Waals surface area (Å²) in [5.41, 5.74) is -0.638. The highest BCUT2D eigenvalue weighted by molar-refractivity contribution is 7.14. The van der Waals surface area contributed by atoms with Crippen molar-refractivity contribution in [3.63, 3.8) is 0 Å². The standard InChI is InChI=1S/C13H17F2NO5S/c1-13(2,3)21-12(19)16-4-5-20-7-6-8(10(14)15)22-9(7)11(17)18/h6,10H,4-5H2,1-3H3,(H,16,19)(H,17,18). The Kier molecular flexibility index (Phi) is 6.10. The number of hydrogen-bond donors (Lipinski definition) is 2. The number of rotatable bonds is 6. The van der Waals surface area contributed by atoms with Gasteiger partial charge in [-0.3, -0.25) is 0 Å². The first-order valence-electron chi connectivity index (χ1n) is 6.35. The van der Waals surface area contributed by atoms with Crippen molar-refractivity contribution in [2.45, 2.75) is 32.8 Å². The fraction of sp³-hybridized carbons (Fsp3) is 0.538. The fourth-order valence-electron chi connectivity index (χ4n) is 1.38. The van der Waals surface area contributed by atoms with Gasteiger partial charge in [0.25, 0.3) is 6.43 Å². The number of ether oxygens (including phenoxy) is 2. The van der Waals surface area contributed by atoms with Gasteiger partial charge in [0.1, 0.15) is 18.0 Å². The SMILES string of the molecule is CC(C)(C)OC(=O)NCCOc1cc(C(F)F)sc1C(=O)O. The summed E-state index contributed by atoms with van der Waals surface area (Å²) in [4.78, 5) is 21.6. The molecule has 0 fully saturated rings. The van der Waals surface area contributed by atoms with E-state index >= 15 is 0 Å². The Morgan fingerprint density at radius 1 is 1.41 bits per heavy atom. The second kappa shape index (κ2) is 7.39. The van der Waals surface area contributed by atoms with Crippen LogP contribution in [-0.2, 0) is 4.74 Å². The van der Waals surface area contributed by atoms with Gasteiger partial charge in [-0.25, -0.2) is 18.4 Å². The van der Waals surface area contributed by atoms with Crippen LogP contribution in [0.1, 0.15) is 41.7 Å². The lowest BCUT2D eigenvalue weighted by atomic mass is 10.2. The van der Waals surface area contributed by atoms with E-state index in [0.717, 1.165) is 6.07 Å². The quantitative estimate of drug-likeness (QED) is 0.778. The molecule has 1 aromatic rings. The summed E-state index contributed by atoms with van der Waals surface area (Å²) in [7, 11) is 0. The van der Waals surface area contributed by atoms with Crippen LogP contribution in [0.2, 0.25) is 0 Å².